The average molecular weight is 396 g/mol. The predicted octanol–water partition coefficient (Wildman–Crippen LogP) is 4.22. The number of hydrogen-bond acceptors (Lipinski definition) is 4. The fourth-order valence-electron chi connectivity index (χ4n) is 3.53. The van der Waals surface area contributed by atoms with Crippen LogP contribution in [0.3, 0.4) is 0 Å². The van der Waals surface area contributed by atoms with Gasteiger partial charge >= 0.3 is 0 Å². The molecule has 4 aromatic rings. The van der Waals surface area contributed by atoms with Crippen LogP contribution in [-0.2, 0) is 7.05 Å². The number of hydrogen-bond donors (Lipinski definition) is 1. The summed E-state index contributed by atoms with van der Waals surface area (Å²) in [5, 5.41) is 22.0. The van der Waals surface area contributed by atoms with E-state index in [1.54, 1.807) is 46.9 Å². The van der Waals surface area contributed by atoms with Crippen molar-refractivity contribution in [2.24, 2.45) is 7.05 Å². The lowest BCUT2D eigenvalue weighted by molar-refractivity contribution is 0.102. The number of carbonyl (C=O) groups is 1. The van der Waals surface area contributed by atoms with Crippen molar-refractivity contribution in [2.75, 3.05) is 5.32 Å². The summed E-state index contributed by atoms with van der Waals surface area (Å²) in [5.74, 6) is -0.292. The first kappa shape index (κ1) is 19.2. The van der Waals surface area contributed by atoms with Crippen LogP contribution in [0.2, 0.25) is 0 Å². The number of aryl methyl sites for hydroxylation is 2. The molecule has 4 rings (SSSR count). The second-order valence-corrected chi connectivity index (χ2v) is 7.23. The lowest BCUT2D eigenvalue weighted by Gasteiger charge is -2.13. The Kier molecular flexibility index (Phi) is 4.68. The third kappa shape index (κ3) is 3.25. The molecular formula is C23H20N6O. The molecule has 0 fully saturated rings. The standard InChI is InChI=1S/C23H20N6O/c1-14(2)22-16(10-24)6-5-7-19(22)23(30)27-20-9-21-17(8-15(20)3)11-26-29(21)18-12-25-28(4)13-18/h5-9,11-13H,1H2,2-4H3,(H,27,30). The molecule has 0 saturated heterocycles. The van der Waals surface area contributed by atoms with E-state index in [9.17, 15) is 10.1 Å². The molecule has 30 heavy (non-hydrogen) atoms. The lowest BCUT2D eigenvalue weighted by Crippen LogP contribution is -2.15. The second-order valence-electron chi connectivity index (χ2n) is 7.23. The van der Waals surface area contributed by atoms with Gasteiger partial charge in [0, 0.05) is 29.2 Å². The summed E-state index contributed by atoms with van der Waals surface area (Å²) in [6.07, 6.45) is 5.39. The van der Waals surface area contributed by atoms with E-state index in [0.717, 1.165) is 22.2 Å². The van der Waals surface area contributed by atoms with Gasteiger partial charge < -0.3 is 5.32 Å². The minimum Gasteiger partial charge on any atom is -0.322 e. The van der Waals surface area contributed by atoms with E-state index in [1.807, 2.05) is 32.3 Å². The summed E-state index contributed by atoms with van der Waals surface area (Å²) in [5.41, 5.74) is 5.35. The zero-order valence-electron chi connectivity index (χ0n) is 17.0. The topological polar surface area (TPSA) is 88.5 Å². The molecule has 0 unspecified atom stereocenters. The average Bonchev–Trinajstić information content (AvgIpc) is 3.33. The van der Waals surface area contributed by atoms with Crippen LogP contribution >= 0.6 is 0 Å². The number of nitrogens with zero attached hydrogens (tertiary/aromatic N) is 5. The Morgan fingerprint density at radius 3 is 2.70 bits per heavy atom. The van der Waals surface area contributed by atoms with Gasteiger partial charge in [-0.3, -0.25) is 9.48 Å². The highest BCUT2D eigenvalue weighted by Gasteiger charge is 2.17. The Bertz CT molecular complexity index is 1350. The molecule has 1 N–H and O–H groups in total. The number of fused-ring (bicyclic) bond motifs is 1. The van der Waals surface area contributed by atoms with Crippen molar-refractivity contribution < 1.29 is 4.79 Å². The summed E-state index contributed by atoms with van der Waals surface area (Å²) in [7, 11) is 1.85. The zero-order valence-corrected chi connectivity index (χ0v) is 17.0. The number of anilines is 1. The predicted molar refractivity (Wildman–Crippen MR) is 116 cm³/mol. The summed E-state index contributed by atoms with van der Waals surface area (Å²) in [6, 6.07) is 11.1. The van der Waals surface area contributed by atoms with Crippen molar-refractivity contribution in [1.82, 2.24) is 19.6 Å². The Morgan fingerprint density at radius 2 is 2.03 bits per heavy atom. The number of allylic oxidation sites excluding steroid dienone is 1. The maximum Gasteiger partial charge on any atom is 0.256 e. The molecule has 2 aromatic carbocycles. The lowest BCUT2D eigenvalue weighted by atomic mass is 9.96. The van der Waals surface area contributed by atoms with E-state index in [-0.39, 0.29) is 5.91 Å². The number of nitrogens with one attached hydrogen (secondary N) is 1. The van der Waals surface area contributed by atoms with Crippen LogP contribution in [0, 0.1) is 18.3 Å². The van der Waals surface area contributed by atoms with Crippen molar-refractivity contribution in [3.05, 3.63) is 77.8 Å². The monoisotopic (exact) mass is 396 g/mol. The van der Waals surface area contributed by atoms with Crippen LogP contribution in [0.15, 0.2) is 55.5 Å². The first-order valence-corrected chi connectivity index (χ1v) is 9.37. The largest absolute Gasteiger partial charge is 0.322 e. The van der Waals surface area contributed by atoms with Crippen LogP contribution in [0.1, 0.15) is 34.0 Å². The Morgan fingerprint density at radius 1 is 1.23 bits per heavy atom. The van der Waals surface area contributed by atoms with E-state index in [4.69, 9.17) is 0 Å². The minimum atomic E-state index is -0.292. The molecule has 2 aromatic heterocycles. The number of nitriles is 1. The molecule has 0 saturated carbocycles. The molecule has 0 atom stereocenters. The molecule has 7 nitrogen and oxygen atoms in total. The number of benzene rings is 2. The molecule has 7 heteroatoms. The van der Waals surface area contributed by atoms with Gasteiger partial charge in [0.15, 0.2) is 0 Å². The van der Waals surface area contributed by atoms with Crippen LogP contribution in [0.4, 0.5) is 5.69 Å². The Hall–Kier alpha value is -4.18. The Labute approximate surface area is 173 Å². The molecule has 0 aliphatic heterocycles. The van der Waals surface area contributed by atoms with Crippen molar-refractivity contribution in [3.63, 3.8) is 0 Å². The zero-order chi connectivity index (χ0) is 21.4. The number of rotatable bonds is 4. The van der Waals surface area contributed by atoms with Gasteiger partial charge in [-0.25, -0.2) is 4.68 Å². The van der Waals surface area contributed by atoms with Gasteiger partial charge in [-0.05, 0) is 49.2 Å². The van der Waals surface area contributed by atoms with E-state index in [0.29, 0.717) is 28.0 Å². The minimum absolute atomic E-state index is 0.292. The smallest absolute Gasteiger partial charge is 0.256 e. The third-order valence-electron chi connectivity index (χ3n) is 4.95. The van der Waals surface area contributed by atoms with E-state index < -0.39 is 0 Å². The van der Waals surface area contributed by atoms with Crippen LogP contribution in [-0.4, -0.2) is 25.5 Å². The third-order valence-corrected chi connectivity index (χ3v) is 4.95. The molecule has 0 spiro atoms. The summed E-state index contributed by atoms with van der Waals surface area (Å²) >= 11 is 0. The molecule has 148 valence electrons. The Balaban J connectivity index is 1.76. The van der Waals surface area contributed by atoms with Gasteiger partial charge in [-0.1, -0.05) is 12.6 Å². The van der Waals surface area contributed by atoms with Gasteiger partial charge in [-0.2, -0.15) is 15.5 Å². The van der Waals surface area contributed by atoms with E-state index >= 15 is 0 Å². The van der Waals surface area contributed by atoms with Crippen molar-refractivity contribution >= 4 is 28.1 Å². The quantitative estimate of drug-likeness (QED) is 0.559. The number of carbonyl (C=O) groups excluding carboxylic acids is 1. The van der Waals surface area contributed by atoms with Crippen LogP contribution in [0.25, 0.3) is 22.2 Å². The molecule has 1 amide bonds. The first-order valence-electron chi connectivity index (χ1n) is 9.37. The summed E-state index contributed by atoms with van der Waals surface area (Å²) in [6.45, 7) is 7.65. The van der Waals surface area contributed by atoms with E-state index in [2.05, 4.69) is 28.2 Å². The fourth-order valence-corrected chi connectivity index (χ4v) is 3.53. The highest BCUT2D eigenvalue weighted by molar-refractivity contribution is 6.09. The molecule has 0 bridgehead atoms. The SMILES string of the molecule is C=C(C)c1c(C#N)cccc1C(=O)Nc1cc2c(cnn2-c2cnn(C)c2)cc1C. The molecule has 0 radical (unpaired) electrons. The van der Waals surface area contributed by atoms with Crippen molar-refractivity contribution in [2.45, 2.75) is 13.8 Å². The van der Waals surface area contributed by atoms with Gasteiger partial charge in [0.2, 0.25) is 0 Å². The number of amides is 1. The summed E-state index contributed by atoms with van der Waals surface area (Å²) in [4.78, 5) is 13.1. The molecule has 0 aliphatic rings. The maximum atomic E-state index is 13.1. The van der Waals surface area contributed by atoms with Gasteiger partial charge in [0.1, 0.15) is 5.69 Å². The molecular weight excluding hydrogens is 376 g/mol. The number of aromatic nitrogens is 4. The normalized spacial score (nSPS) is 10.7. The van der Waals surface area contributed by atoms with Crippen molar-refractivity contribution in [1.29, 1.82) is 5.26 Å². The molecule has 2 heterocycles. The second kappa shape index (κ2) is 7.33. The fraction of sp³-hybridized carbons (Fsp3) is 0.130. The van der Waals surface area contributed by atoms with Gasteiger partial charge in [0.25, 0.3) is 5.91 Å². The van der Waals surface area contributed by atoms with Gasteiger partial charge in [-0.15, -0.1) is 0 Å². The van der Waals surface area contributed by atoms with Crippen LogP contribution in [0.5, 0.6) is 0 Å². The highest BCUT2D eigenvalue weighted by atomic mass is 16.1. The van der Waals surface area contributed by atoms with Crippen molar-refractivity contribution in [3.8, 4) is 11.8 Å². The first-order chi connectivity index (χ1) is 14.4. The summed E-state index contributed by atoms with van der Waals surface area (Å²) < 4.78 is 3.49. The maximum absolute atomic E-state index is 13.1. The molecule has 0 aliphatic carbocycles. The van der Waals surface area contributed by atoms with E-state index in [1.165, 1.54) is 0 Å². The van der Waals surface area contributed by atoms with Crippen LogP contribution < -0.4 is 5.32 Å². The van der Waals surface area contributed by atoms with Gasteiger partial charge in [0.05, 0.1) is 35.7 Å². The highest BCUT2D eigenvalue weighted by Crippen LogP contribution is 2.27.